The first kappa shape index (κ1) is 14.9. The first-order valence-corrected chi connectivity index (χ1v) is 9.48. The van der Waals surface area contributed by atoms with E-state index in [1.54, 1.807) is 0 Å². The largest absolute Gasteiger partial charge is 0.501 e. The number of hydrogen-bond donors (Lipinski definition) is 0. The van der Waals surface area contributed by atoms with E-state index in [9.17, 15) is 8.42 Å². The average Bonchev–Trinajstić information content (AvgIpc) is 2.80. The van der Waals surface area contributed by atoms with Crippen molar-refractivity contribution in [2.75, 3.05) is 18.1 Å². The highest BCUT2D eigenvalue weighted by Crippen LogP contribution is 2.24. The van der Waals surface area contributed by atoms with Crippen LogP contribution in [-0.2, 0) is 14.6 Å². The van der Waals surface area contributed by atoms with E-state index < -0.39 is 9.84 Å². The van der Waals surface area contributed by atoms with E-state index in [1.165, 1.54) is 31.3 Å². The molecule has 0 bridgehead atoms. The zero-order chi connectivity index (χ0) is 13.6. The van der Waals surface area contributed by atoms with Crippen LogP contribution >= 0.6 is 0 Å². The average molecular weight is 286 g/mol. The van der Waals surface area contributed by atoms with Gasteiger partial charge in [0.1, 0.15) is 0 Å². The Morgan fingerprint density at radius 2 is 1.95 bits per heavy atom. The molecule has 19 heavy (non-hydrogen) atoms. The summed E-state index contributed by atoms with van der Waals surface area (Å²) in [7, 11) is -2.78. The highest BCUT2D eigenvalue weighted by Gasteiger charge is 2.22. The maximum Gasteiger partial charge on any atom is 0.150 e. The fourth-order valence-electron chi connectivity index (χ4n) is 3.09. The van der Waals surface area contributed by atoms with Gasteiger partial charge in [-0.15, -0.1) is 0 Å². The lowest BCUT2D eigenvalue weighted by atomic mass is 9.99. The maximum absolute atomic E-state index is 11.7. The molecule has 110 valence electrons. The van der Waals surface area contributed by atoms with Crippen molar-refractivity contribution < 1.29 is 13.2 Å². The van der Waals surface area contributed by atoms with Gasteiger partial charge in [-0.1, -0.05) is 6.42 Å². The van der Waals surface area contributed by atoms with Gasteiger partial charge in [-0.2, -0.15) is 0 Å². The second-order valence-electron chi connectivity index (χ2n) is 5.97. The molecule has 0 spiro atoms. The molecule has 1 aliphatic carbocycles. The normalized spacial score (nSPS) is 26.9. The minimum atomic E-state index is -2.78. The van der Waals surface area contributed by atoms with Crippen molar-refractivity contribution in [3.8, 4) is 0 Å². The SMILES string of the molecule is O=S1(=O)CCCCC(CCCOC=C2CCCC2)C1. The molecule has 0 aromatic heterocycles. The van der Waals surface area contributed by atoms with E-state index in [0.29, 0.717) is 17.4 Å². The van der Waals surface area contributed by atoms with Crippen molar-refractivity contribution in [2.45, 2.75) is 57.8 Å². The lowest BCUT2D eigenvalue weighted by Crippen LogP contribution is -2.16. The predicted molar refractivity (Wildman–Crippen MR) is 77.7 cm³/mol. The van der Waals surface area contributed by atoms with Crippen molar-refractivity contribution in [2.24, 2.45) is 5.92 Å². The molecule has 1 saturated heterocycles. The van der Waals surface area contributed by atoms with Crippen LogP contribution in [0.25, 0.3) is 0 Å². The number of sulfone groups is 1. The van der Waals surface area contributed by atoms with E-state index in [0.717, 1.165) is 38.7 Å². The van der Waals surface area contributed by atoms with Crippen LogP contribution in [0.4, 0.5) is 0 Å². The lowest BCUT2D eigenvalue weighted by molar-refractivity contribution is 0.230. The summed E-state index contributed by atoms with van der Waals surface area (Å²) in [6.45, 7) is 0.736. The van der Waals surface area contributed by atoms with Crippen molar-refractivity contribution in [3.63, 3.8) is 0 Å². The maximum atomic E-state index is 11.7. The van der Waals surface area contributed by atoms with Gasteiger partial charge in [-0.05, 0) is 62.9 Å². The number of rotatable bonds is 5. The second kappa shape index (κ2) is 7.32. The molecular weight excluding hydrogens is 260 g/mol. The Kier molecular flexibility index (Phi) is 5.74. The van der Waals surface area contributed by atoms with Crippen LogP contribution in [0.2, 0.25) is 0 Å². The Morgan fingerprint density at radius 3 is 2.74 bits per heavy atom. The second-order valence-corrected chi connectivity index (χ2v) is 8.20. The summed E-state index contributed by atoms with van der Waals surface area (Å²) in [5, 5.41) is 0. The van der Waals surface area contributed by atoms with E-state index in [-0.39, 0.29) is 0 Å². The fourth-order valence-corrected chi connectivity index (χ4v) is 4.95. The number of hydrogen-bond acceptors (Lipinski definition) is 3. The third-order valence-corrected chi connectivity index (χ3v) is 6.07. The van der Waals surface area contributed by atoms with Crippen LogP contribution in [0.5, 0.6) is 0 Å². The minimum absolute atomic E-state index is 0.357. The third kappa shape index (κ3) is 5.55. The number of ether oxygens (including phenoxy) is 1. The minimum Gasteiger partial charge on any atom is -0.501 e. The van der Waals surface area contributed by atoms with Crippen LogP contribution in [0, 0.1) is 5.92 Å². The molecular formula is C15H26O3S. The molecule has 2 fully saturated rings. The van der Waals surface area contributed by atoms with E-state index in [1.807, 2.05) is 6.26 Å². The summed E-state index contributed by atoms with van der Waals surface area (Å²) in [5.74, 6) is 1.15. The van der Waals surface area contributed by atoms with E-state index in [4.69, 9.17) is 4.74 Å². The molecule has 0 N–H and O–H groups in total. The Bertz CT molecular complexity index is 390. The van der Waals surface area contributed by atoms with Gasteiger partial charge in [0, 0.05) is 0 Å². The lowest BCUT2D eigenvalue weighted by Gasteiger charge is -2.13. The van der Waals surface area contributed by atoms with Crippen molar-refractivity contribution >= 4 is 9.84 Å². The third-order valence-electron chi connectivity index (χ3n) is 4.18. The summed E-state index contributed by atoms with van der Waals surface area (Å²) in [5.41, 5.74) is 1.44. The molecule has 1 unspecified atom stereocenters. The van der Waals surface area contributed by atoms with Gasteiger partial charge in [0.2, 0.25) is 0 Å². The molecule has 0 amide bonds. The van der Waals surface area contributed by atoms with Gasteiger partial charge in [-0.25, -0.2) is 8.42 Å². The van der Waals surface area contributed by atoms with E-state index in [2.05, 4.69) is 0 Å². The number of allylic oxidation sites excluding steroid dienone is 1. The molecule has 1 aliphatic heterocycles. The zero-order valence-corrected chi connectivity index (χ0v) is 12.6. The molecule has 4 heteroatoms. The Hall–Kier alpha value is -0.510. The molecule has 0 aromatic rings. The summed E-state index contributed by atoms with van der Waals surface area (Å²) in [4.78, 5) is 0. The van der Waals surface area contributed by atoms with Crippen LogP contribution < -0.4 is 0 Å². The van der Waals surface area contributed by atoms with Crippen LogP contribution in [-0.4, -0.2) is 26.5 Å². The monoisotopic (exact) mass is 286 g/mol. The summed E-state index contributed by atoms with van der Waals surface area (Å²) in [6.07, 6.45) is 11.9. The molecule has 2 aliphatic rings. The highest BCUT2D eigenvalue weighted by atomic mass is 32.2. The Balaban J connectivity index is 1.63. The van der Waals surface area contributed by atoms with Gasteiger partial charge in [0.05, 0.1) is 24.4 Å². The van der Waals surface area contributed by atoms with Crippen LogP contribution in [0.15, 0.2) is 11.8 Å². The molecule has 3 nitrogen and oxygen atoms in total. The van der Waals surface area contributed by atoms with Gasteiger partial charge in [0.15, 0.2) is 9.84 Å². The molecule has 0 radical (unpaired) electrons. The molecule has 1 saturated carbocycles. The molecule has 0 aromatic carbocycles. The van der Waals surface area contributed by atoms with Crippen LogP contribution in [0.3, 0.4) is 0 Å². The first-order valence-electron chi connectivity index (χ1n) is 7.66. The van der Waals surface area contributed by atoms with Gasteiger partial charge in [-0.3, -0.25) is 0 Å². The first-order chi connectivity index (χ1) is 9.16. The Labute approximate surface area is 117 Å². The smallest absolute Gasteiger partial charge is 0.150 e. The van der Waals surface area contributed by atoms with Gasteiger partial charge >= 0.3 is 0 Å². The van der Waals surface area contributed by atoms with Crippen molar-refractivity contribution in [1.82, 2.24) is 0 Å². The molecule has 2 rings (SSSR count). The molecule has 1 atom stereocenters. The summed E-state index contributed by atoms with van der Waals surface area (Å²) in [6, 6.07) is 0. The van der Waals surface area contributed by atoms with Gasteiger partial charge in [0.25, 0.3) is 0 Å². The highest BCUT2D eigenvalue weighted by molar-refractivity contribution is 7.91. The predicted octanol–water partition coefficient (Wildman–Crippen LogP) is 3.46. The standard InChI is InChI=1S/C15H26O3S/c16-19(17)11-4-3-8-15(13-19)9-5-10-18-12-14-6-1-2-7-14/h12,15H,1-11,13H2. The summed E-state index contributed by atoms with van der Waals surface area (Å²) >= 11 is 0. The fraction of sp³-hybridized carbons (Fsp3) is 0.867. The van der Waals surface area contributed by atoms with E-state index >= 15 is 0 Å². The van der Waals surface area contributed by atoms with Crippen molar-refractivity contribution in [1.29, 1.82) is 0 Å². The zero-order valence-electron chi connectivity index (χ0n) is 11.8. The molecule has 1 heterocycles. The summed E-state index contributed by atoms with van der Waals surface area (Å²) < 4.78 is 29.0. The Morgan fingerprint density at radius 1 is 1.16 bits per heavy atom. The van der Waals surface area contributed by atoms with Crippen molar-refractivity contribution in [3.05, 3.63) is 11.8 Å². The topological polar surface area (TPSA) is 43.4 Å². The quantitative estimate of drug-likeness (QED) is 0.574. The van der Waals surface area contributed by atoms with Crippen LogP contribution in [0.1, 0.15) is 57.8 Å². The van der Waals surface area contributed by atoms with Gasteiger partial charge < -0.3 is 4.74 Å².